The molecule has 0 radical (unpaired) electrons. The Kier molecular flexibility index (Phi) is 7.78. The van der Waals surface area contributed by atoms with Crippen LogP contribution in [0.2, 0.25) is 0 Å². The highest BCUT2D eigenvalue weighted by molar-refractivity contribution is 5.95. The number of ether oxygens (including phenoxy) is 1. The summed E-state index contributed by atoms with van der Waals surface area (Å²) in [6, 6.07) is 14.6. The van der Waals surface area contributed by atoms with Gasteiger partial charge in [0.15, 0.2) is 18.9 Å². The minimum atomic E-state index is -0.0723. The third-order valence-electron chi connectivity index (χ3n) is 5.43. The van der Waals surface area contributed by atoms with Gasteiger partial charge in [-0.2, -0.15) is 0 Å². The van der Waals surface area contributed by atoms with Crippen LogP contribution in [0.25, 0.3) is 0 Å². The number of Topliss-reactive ketones (excluding diaryl/α,β-unsaturated/α-hetero) is 1. The van der Waals surface area contributed by atoms with Crippen LogP contribution in [0.3, 0.4) is 0 Å². The van der Waals surface area contributed by atoms with Crippen LogP contribution in [0, 0.1) is 6.92 Å². The van der Waals surface area contributed by atoms with Crippen molar-refractivity contribution in [1.29, 1.82) is 0 Å². The van der Waals surface area contributed by atoms with E-state index >= 15 is 0 Å². The molecule has 3 rings (SSSR count). The number of hydrogen-bond donors (Lipinski definition) is 2. The number of anilines is 1. The van der Waals surface area contributed by atoms with Gasteiger partial charge >= 0.3 is 0 Å². The molecular weight excluding hydrogens is 394 g/mol. The molecule has 2 amide bonds. The van der Waals surface area contributed by atoms with Crippen molar-refractivity contribution in [2.75, 3.05) is 44.6 Å². The number of quaternary nitrogens is 1. The fourth-order valence-corrected chi connectivity index (χ4v) is 3.50. The van der Waals surface area contributed by atoms with Crippen molar-refractivity contribution < 1.29 is 24.0 Å². The molecule has 0 unspecified atom stereocenters. The second-order valence-corrected chi connectivity index (χ2v) is 7.81. The summed E-state index contributed by atoms with van der Waals surface area (Å²) in [7, 11) is 0. The first-order valence-electron chi connectivity index (χ1n) is 10.7. The summed E-state index contributed by atoms with van der Waals surface area (Å²) in [5.74, 6) is 0.553. The molecule has 0 atom stereocenters. The van der Waals surface area contributed by atoms with E-state index in [1.807, 2.05) is 38.1 Å². The van der Waals surface area contributed by atoms with E-state index in [1.54, 1.807) is 29.2 Å². The summed E-state index contributed by atoms with van der Waals surface area (Å²) in [6.45, 7) is 6.82. The van der Waals surface area contributed by atoms with E-state index in [2.05, 4.69) is 5.32 Å². The van der Waals surface area contributed by atoms with Crippen LogP contribution in [0.4, 0.5) is 5.69 Å². The van der Waals surface area contributed by atoms with E-state index in [0.29, 0.717) is 37.4 Å². The zero-order chi connectivity index (χ0) is 22.2. The molecule has 2 N–H and O–H groups in total. The summed E-state index contributed by atoms with van der Waals surface area (Å²) in [5.41, 5.74) is 2.59. The Bertz CT molecular complexity index is 901. The Morgan fingerprint density at radius 1 is 1.00 bits per heavy atom. The number of piperazine rings is 1. The Morgan fingerprint density at radius 3 is 2.26 bits per heavy atom. The van der Waals surface area contributed by atoms with E-state index in [4.69, 9.17) is 4.74 Å². The predicted octanol–water partition coefficient (Wildman–Crippen LogP) is 1.33. The van der Waals surface area contributed by atoms with Gasteiger partial charge < -0.3 is 19.9 Å². The number of rotatable bonds is 8. The van der Waals surface area contributed by atoms with Gasteiger partial charge in [-0.1, -0.05) is 24.6 Å². The number of nitrogens with zero attached hydrogens (tertiary/aromatic N) is 1. The fourth-order valence-electron chi connectivity index (χ4n) is 3.50. The number of hydrogen-bond acceptors (Lipinski definition) is 4. The molecule has 2 aromatic carbocycles. The topological polar surface area (TPSA) is 80.2 Å². The lowest BCUT2D eigenvalue weighted by Crippen LogP contribution is -3.15. The number of amides is 2. The molecule has 7 nitrogen and oxygen atoms in total. The Hall–Kier alpha value is -3.19. The monoisotopic (exact) mass is 424 g/mol. The smallest absolute Gasteiger partial charge is 0.279 e. The highest BCUT2D eigenvalue weighted by Gasteiger charge is 2.25. The van der Waals surface area contributed by atoms with Gasteiger partial charge in [-0.05, 0) is 43.3 Å². The Balaban J connectivity index is 1.38. The normalized spacial score (nSPS) is 14.2. The third kappa shape index (κ3) is 6.65. The largest absolute Gasteiger partial charge is 0.484 e. The first-order valence-corrected chi connectivity index (χ1v) is 10.7. The molecule has 0 saturated carbocycles. The number of nitrogens with one attached hydrogen (secondary N) is 2. The van der Waals surface area contributed by atoms with E-state index in [-0.39, 0.29) is 24.2 Å². The van der Waals surface area contributed by atoms with Crippen LogP contribution in [0.15, 0.2) is 48.5 Å². The lowest BCUT2D eigenvalue weighted by molar-refractivity contribution is -0.895. The second-order valence-electron chi connectivity index (χ2n) is 7.81. The molecule has 164 valence electrons. The molecule has 7 heteroatoms. The van der Waals surface area contributed by atoms with Gasteiger partial charge in [0.2, 0.25) is 0 Å². The van der Waals surface area contributed by atoms with E-state index in [0.717, 1.165) is 29.2 Å². The number of ketones is 1. The third-order valence-corrected chi connectivity index (χ3v) is 5.43. The molecule has 0 aromatic heterocycles. The van der Waals surface area contributed by atoms with Gasteiger partial charge in [0.05, 0.1) is 26.2 Å². The lowest BCUT2D eigenvalue weighted by Gasteiger charge is -2.31. The van der Waals surface area contributed by atoms with Crippen LogP contribution in [0.5, 0.6) is 5.75 Å². The Morgan fingerprint density at radius 2 is 1.65 bits per heavy atom. The first-order chi connectivity index (χ1) is 14.9. The van der Waals surface area contributed by atoms with Gasteiger partial charge in [0, 0.05) is 17.7 Å². The fraction of sp³-hybridized carbons (Fsp3) is 0.375. The molecule has 0 spiro atoms. The van der Waals surface area contributed by atoms with Crippen molar-refractivity contribution in [3.8, 4) is 5.75 Å². The van der Waals surface area contributed by atoms with Gasteiger partial charge in [-0.25, -0.2) is 0 Å². The highest BCUT2D eigenvalue weighted by Crippen LogP contribution is 2.13. The van der Waals surface area contributed by atoms with Crippen LogP contribution in [0.1, 0.15) is 29.3 Å². The molecule has 0 bridgehead atoms. The molecule has 1 saturated heterocycles. The number of benzene rings is 2. The van der Waals surface area contributed by atoms with Crippen molar-refractivity contribution in [2.24, 2.45) is 0 Å². The molecule has 31 heavy (non-hydrogen) atoms. The number of aryl methyl sites for hydroxylation is 1. The summed E-state index contributed by atoms with van der Waals surface area (Å²) in [4.78, 5) is 39.3. The van der Waals surface area contributed by atoms with Crippen LogP contribution < -0.4 is 15.0 Å². The van der Waals surface area contributed by atoms with E-state index in [1.165, 1.54) is 0 Å². The molecule has 1 aliphatic rings. The van der Waals surface area contributed by atoms with Crippen LogP contribution >= 0.6 is 0 Å². The summed E-state index contributed by atoms with van der Waals surface area (Å²) < 4.78 is 5.58. The van der Waals surface area contributed by atoms with Gasteiger partial charge in [-0.3, -0.25) is 14.4 Å². The standard InChI is InChI=1S/C24H29N3O4/c1-3-22(28)19-6-10-21(11-7-19)31-17-24(30)27-14-12-26(13-15-27)16-23(29)25-20-8-4-18(2)5-9-20/h4-11H,3,12-17H2,1-2H3,(H,25,29)/p+1. The number of carbonyl (C=O) groups is 3. The molecule has 0 aliphatic carbocycles. The van der Waals surface area contributed by atoms with Crippen molar-refractivity contribution in [3.05, 3.63) is 59.7 Å². The summed E-state index contributed by atoms with van der Waals surface area (Å²) in [5, 5.41) is 2.92. The summed E-state index contributed by atoms with van der Waals surface area (Å²) >= 11 is 0. The predicted molar refractivity (Wildman–Crippen MR) is 119 cm³/mol. The molecular formula is C24H30N3O4+. The van der Waals surface area contributed by atoms with E-state index < -0.39 is 0 Å². The number of carbonyl (C=O) groups excluding carboxylic acids is 3. The van der Waals surface area contributed by atoms with Crippen molar-refractivity contribution >= 4 is 23.3 Å². The quantitative estimate of drug-likeness (QED) is 0.627. The summed E-state index contributed by atoms with van der Waals surface area (Å²) in [6.07, 6.45) is 0.459. The van der Waals surface area contributed by atoms with Crippen LogP contribution in [-0.2, 0) is 9.59 Å². The Labute approximate surface area is 183 Å². The molecule has 1 fully saturated rings. The minimum absolute atomic E-state index is 0.0213. The van der Waals surface area contributed by atoms with Gasteiger partial charge in [0.1, 0.15) is 5.75 Å². The molecule has 1 aliphatic heterocycles. The molecule has 1 heterocycles. The van der Waals surface area contributed by atoms with Gasteiger partial charge in [-0.15, -0.1) is 0 Å². The highest BCUT2D eigenvalue weighted by atomic mass is 16.5. The van der Waals surface area contributed by atoms with Crippen LogP contribution in [-0.4, -0.2) is 61.8 Å². The maximum atomic E-state index is 12.4. The van der Waals surface area contributed by atoms with Crippen molar-refractivity contribution in [1.82, 2.24) is 4.90 Å². The maximum absolute atomic E-state index is 12.4. The van der Waals surface area contributed by atoms with Crippen molar-refractivity contribution in [2.45, 2.75) is 20.3 Å². The van der Waals surface area contributed by atoms with Gasteiger partial charge in [0.25, 0.3) is 11.8 Å². The second kappa shape index (κ2) is 10.7. The zero-order valence-electron chi connectivity index (χ0n) is 18.1. The average Bonchev–Trinajstić information content (AvgIpc) is 2.79. The van der Waals surface area contributed by atoms with Crippen molar-refractivity contribution in [3.63, 3.8) is 0 Å². The van der Waals surface area contributed by atoms with E-state index in [9.17, 15) is 14.4 Å². The SMILES string of the molecule is CCC(=O)c1ccc(OCC(=O)N2CC[NH+](CC(=O)Nc3ccc(C)cc3)CC2)cc1. The first kappa shape index (κ1) is 22.5. The maximum Gasteiger partial charge on any atom is 0.279 e. The average molecular weight is 425 g/mol. The zero-order valence-corrected chi connectivity index (χ0v) is 18.1. The lowest BCUT2D eigenvalue weighted by atomic mass is 10.1. The molecule has 2 aromatic rings. The minimum Gasteiger partial charge on any atom is -0.484 e.